The fraction of sp³-hybridized carbons (Fsp3) is 0.692. The average molecular weight is 272 g/mol. The van der Waals surface area contributed by atoms with Gasteiger partial charge in [0.1, 0.15) is 9.84 Å². The van der Waals surface area contributed by atoms with Crippen LogP contribution in [0.15, 0.2) is 18.3 Å². The Bertz CT molecular complexity index is 469. The number of rotatable bonds is 6. The Labute approximate surface area is 110 Å². The van der Waals surface area contributed by atoms with Gasteiger partial charge in [-0.25, -0.2) is 8.42 Å². The zero-order valence-electron chi connectivity index (χ0n) is 11.7. The summed E-state index contributed by atoms with van der Waals surface area (Å²) in [5.74, 6) is 0.247. The molecule has 0 aliphatic rings. The maximum absolute atomic E-state index is 11.1. The molecule has 0 atom stereocenters. The highest BCUT2D eigenvalue weighted by molar-refractivity contribution is 7.90. The Morgan fingerprint density at radius 1 is 1.33 bits per heavy atom. The quantitative estimate of drug-likeness (QED) is 0.859. The molecule has 0 saturated heterocycles. The molecule has 1 heterocycles. The van der Waals surface area contributed by atoms with E-state index in [1.807, 2.05) is 12.3 Å². The molecule has 0 unspecified atom stereocenters. The summed E-state index contributed by atoms with van der Waals surface area (Å²) in [6, 6.07) is 4.07. The van der Waals surface area contributed by atoms with Gasteiger partial charge in [-0.3, -0.25) is 0 Å². The van der Waals surface area contributed by atoms with Crippen LogP contribution < -0.4 is 5.32 Å². The standard InChI is InChI=1S/C13H24N2O2S/c1-13(2,3)14-11-12-7-5-8-15(12)9-6-10-18(4,16)17/h5,7-8,14H,6,9-11H2,1-4H3. The van der Waals surface area contributed by atoms with Gasteiger partial charge in [0.15, 0.2) is 0 Å². The van der Waals surface area contributed by atoms with Crippen LogP contribution in [0.25, 0.3) is 0 Å². The van der Waals surface area contributed by atoms with Gasteiger partial charge in [0.25, 0.3) is 0 Å². The van der Waals surface area contributed by atoms with E-state index in [0.29, 0.717) is 6.42 Å². The first-order valence-corrected chi connectivity index (χ1v) is 8.30. The van der Waals surface area contributed by atoms with E-state index in [2.05, 4.69) is 36.7 Å². The van der Waals surface area contributed by atoms with E-state index in [4.69, 9.17) is 0 Å². The predicted molar refractivity (Wildman–Crippen MR) is 75.4 cm³/mol. The third kappa shape index (κ3) is 6.21. The topological polar surface area (TPSA) is 51.1 Å². The molecule has 1 aromatic heterocycles. The van der Waals surface area contributed by atoms with E-state index in [1.165, 1.54) is 11.9 Å². The molecule has 18 heavy (non-hydrogen) atoms. The lowest BCUT2D eigenvalue weighted by molar-refractivity contribution is 0.415. The van der Waals surface area contributed by atoms with Crippen molar-refractivity contribution in [2.24, 2.45) is 0 Å². The number of aromatic nitrogens is 1. The van der Waals surface area contributed by atoms with Gasteiger partial charge < -0.3 is 9.88 Å². The molecular weight excluding hydrogens is 248 g/mol. The first-order chi connectivity index (χ1) is 8.17. The van der Waals surface area contributed by atoms with Crippen molar-refractivity contribution in [3.05, 3.63) is 24.0 Å². The third-order valence-electron chi connectivity index (χ3n) is 2.64. The first kappa shape index (κ1) is 15.2. The summed E-state index contributed by atoms with van der Waals surface area (Å²) in [4.78, 5) is 0. The Kier molecular flexibility index (Phi) is 4.99. The molecule has 0 spiro atoms. The minimum absolute atomic E-state index is 0.0852. The molecule has 1 N–H and O–H groups in total. The molecule has 0 aromatic carbocycles. The van der Waals surface area contributed by atoms with Crippen LogP contribution in [0.3, 0.4) is 0 Å². The van der Waals surface area contributed by atoms with Crippen molar-refractivity contribution in [3.63, 3.8) is 0 Å². The summed E-state index contributed by atoms with van der Waals surface area (Å²) in [7, 11) is -2.85. The predicted octanol–water partition coefficient (Wildman–Crippen LogP) is 1.81. The second-order valence-corrected chi connectivity index (χ2v) is 8.04. The Hall–Kier alpha value is -0.810. The molecule has 0 amide bonds. The molecule has 0 bridgehead atoms. The summed E-state index contributed by atoms with van der Waals surface area (Å²) >= 11 is 0. The van der Waals surface area contributed by atoms with E-state index in [0.717, 1.165) is 13.1 Å². The maximum Gasteiger partial charge on any atom is 0.147 e. The second kappa shape index (κ2) is 5.89. The lowest BCUT2D eigenvalue weighted by Crippen LogP contribution is -2.35. The van der Waals surface area contributed by atoms with Gasteiger partial charge in [0, 0.05) is 36.8 Å². The summed E-state index contributed by atoms with van der Waals surface area (Å²) in [5.41, 5.74) is 1.28. The monoisotopic (exact) mass is 272 g/mol. The van der Waals surface area contributed by atoms with Crippen molar-refractivity contribution in [3.8, 4) is 0 Å². The molecule has 5 heteroatoms. The number of sulfone groups is 1. The summed E-state index contributed by atoms with van der Waals surface area (Å²) in [5, 5.41) is 3.43. The van der Waals surface area contributed by atoms with Gasteiger partial charge in [0.2, 0.25) is 0 Å². The molecule has 1 rings (SSSR count). The Balaban J connectivity index is 2.50. The minimum Gasteiger partial charge on any atom is -0.350 e. The molecule has 1 aromatic rings. The maximum atomic E-state index is 11.1. The second-order valence-electron chi connectivity index (χ2n) is 5.78. The van der Waals surface area contributed by atoms with Gasteiger partial charge in [-0.05, 0) is 39.3 Å². The molecule has 0 radical (unpaired) electrons. The van der Waals surface area contributed by atoms with Crippen LogP contribution in [0.2, 0.25) is 0 Å². The average Bonchev–Trinajstić information content (AvgIpc) is 2.59. The molecule has 0 saturated carbocycles. The fourth-order valence-electron chi connectivity index (χ4n) is 1.68. The van der Waals surface area contributed by atoms with Crippen LogP contribution in [-0.4, -0.2) is 30.5 Å². The zero-order chi connectivity index (χ0) is 13.8. The first-order valence-electron chi connectivity index (χ1n) is 6.24. The normalized spacial score (nSPS) is 12.9. The lowest BCUT2D eigenvalue weighted by atomic mass is 10.1. The van der Waals surface area contributed by atoms with E-state index < -0.39 is 9.84 Å². The van der Waals surface area contributed by atoms with E-state index >= 15 is 0 Å². The van der Waals surface area contributed by atoms with E-state index in [-0.39, 0.29) is 11.3 Å². The smallest absolute Gasteiger partial charge is 0.147 e. The SMILES string of the molecule is CC(C)(C)NCc1cccn1CCCS(C)(=O)=O. The molecule has 0 aliphatic carbocycles. The van der Waals surface area contributed by atoms with Crippen molar-refractivity contribution < 1.29 is 8.42 Å². The number of nitrogens with zero attached hydrogens (tertiary/aromatic N) is 1. The number of hydrogen-bond acceptors (Lipinski definition) is 3. The van der Waals surface area contributed by atoms with Crippen molar-refractivity contribution in [2.75, 3.05) is 12.0 Å². The Morgan fingerprint density at radius 2 is 2.00 bits per heavy atom. The highest BCUT2D eigenvalue weighted by Crippen LogP contribution is 2.07. The highest BCUT2D eigenvalue weighted by atomic mass is 32.2. The highest BCUT2D eigenvalue weighted by Gasteiger charge is 2.10. The van der Waals surface area contributed by atoms with E-state index in [9.17, 15) is 8.42 Å². The third-order valence-corrected chi connectivity index (χ3v) is 3.67. The fourth-order valence-corrected chi connectivity index (χ4v) is 2.33. The lowest BCUT2D eigenvalue weighted by Gasteiger charge is -2.21. The van der Waals surface area contributed by atoms with Crippen LogP contribution in [0.1, 0.15) is 32.9 Å². The molecule has 0 aliphatic heterocycles. The van der Waals surface area contributed by atoms with Gasteiger partial charge in [-0.15, -0.1) is 0 Å². The summed E-state index contributed by atoms with van der Waals surface area (Å²) in [6.45, 7) is 7.94. The Morgan fingerprint density at radius 3 is 2.56 bits per heavy atom. The van der Waals surface area contributed by atoms with Crippen molar-refractivity contribution in [1.82, 2.24) is 9.88 Å². The molecule has 104 valence electrons. The van der Waals surface area contributed by atoms with Crippen molar-refractivity contribution >= 4 is 9.84 Å². The van der Waals surface area contributed by atoms with Crippen LogP contribution in [0.5, 0.6) is 0 Å². The zero-order valence-corrected chi connectivity index (χ0v) is 12.5. The van der Waals surface area contributed by atoms with Crippen LogP contribution in [0, 0.1) is 0 Å². The number of nitrogens with one attached hydrogen (secondary N) is 1. The van der Waals surface area contributed by atoms with Crippen LogP contribution in [0.4, 0.5) is 0 Å². The van der Waals surface area contributed by atoms with Gasteiger partial charge in [-0.2, -0.15) is 0 Å². The molecular formula is C13H24N2O2S. The van der Waals surface area contributed by atoms with Gasteiger partial charge in [-0.1, -0.05) is 0 Å². The minimum atomic E-state index is -2.85. The van der Waals surface area contributed by atoms with Gasteiger partial charge >= 0.3 is 0 Å². The van der Waals surface area contributed by atoms with Crippen molar-refractivity contribution in [2.45, 2.75) is 45.8 Å². The summed E-state index contributed by atoms with van der Waals surface area (Å²) < 4.78 is 24.3. The van der Waals surface area contributed by atoms with Crippen LogP contribution in [-0.2, 0) is 22.9 Å². The van der Waals surface area contributed by atoms with E-state index in [1.54, 1.807) is 0 Å². The summed E-state index contributed by atoms with van der Waals surface area (Å²) in [6.07, 6.45) is 3.95. The molecule has 0 fully saturated rings. The van der Waals surface area contributed by atoms with Crippen molar-refractivity contribution in [1.29, 1.82) is 0 Å². The van der Waals surface area contributed by atoms with Gasteiger partial charge in [0.05, 0.1) is 5.75 Å². The largest absolute Gasteiger partial charge is 0.350 e. The number of aryl methyl sites for hydroxylation is 1. The van der Waals surface area contributed by atoms with Crippen LogP contribution >= 0.6 is 0 Å². The molecule has 4 nitrogen and oxygen atoms in total. The number of hydrogen-bond donors (Lipinski definition) is 1.